The molecule has 208 valence electrons. The smallest absolute Gasteiger partial charge is 0.328 e. The van der Waals surface area contributed by atoms with Crippen LogP contribution in [0.15, 0.2) is 0 Å². The van der Waals surface area contributed by atoms with Crippen LogP contribution in [0.3, 0.4) is 0 Å². The van der Waals surface area contributed by atoms with E-state index in [2.05, 4.69) is 37.7 Å². The number of urea groups is 1. The number of rotatable bonds is 6. The van der Waals surface area contributed by atoms with E-state index in [9.17, 15) is 23.4 Å². The van der Waals surface area contributed by atoms with Gasteiger partial charge < -0.3 is 15.5 Å². The fraction of sp³-hybridized carbons (Fsp3) is 0.964. The van der Waals surface area contributed by atoms with E-state index in [1.807, 2.05) is 0 Å². The first-order valence-electron chi connectivity index (χ1n) is 14.6. The molecule has 8 heteroatoms. The standard InChI is InChI=1S/C28H50N2O5S/c1-5-19-7-9-20(31)8-6-17(2)22-14-15-28(4)23(12-13-24(28)25(22)26(19)32)18(3)16-29-27(33)30-36(34,35)21-10-11-21/h17-26,31-32H,5-16H2,1-4H3,(H2,29,30,33)/t17-,18+,19+,20+,22+,23+,24-,25+,26+,28+/m0/s1. The number of hydrogen-bond donors (Lipinski definition) is 4. The van der Waals surface area contributed by atoms with Gasteiger partial charge >= 0.3 is 6.03 Å². The van der Waals surface area contributed by atoms with Crippen molar-refractivity contribution < 1.29 is 23.4 Å². The van der Waals surface area contributed by atoms with E-state index < -0.39 is 21.3 Å². The molecule has 7 nitrogen and oxygen atoms in total. The summed E-state index contributed by atoms with van der Waals surface area (Å²) in [5.41, 5.74) is 0.113. The molecule has 0 aromatic heterocycles. The molecule has 0 aromatic rings. The number of carbonyl (C=O) groups excluding carboxylic acids is 1. The lowest BCUT2D eigenvalue weighted by Crippen LogP contribution is -2.51. The Hall–Kier alpha value is -0.860. The van der Waals surface area contributed by atoms with Crippen LogP contribution in [0, 0.1) is 46.8 Å². The molecule has 4 N–H and O–H groups in total. The number of aliphatic hydroxyl groups excluding tert-OH is 2. The zero-order valence-electron chi connectivity index (χ0n) is 22.8. The van der Waals surface area contributed by atoms with Gasteiger partial charge in [-0.05, 0) is 111 Å². The Kier molecular flexibility index (Phi) is 8.68. The second-order valence-electron chi connectivity index (χ2n) is 13.1. The van der Waals surface area contributed by atoms with E-state index in [1.165, 1.54) is 0 Å². The van der Waals surface area contributed by atoms with Crippen molar-refractivity contribution in [2.24, 2.45) is 46.8 Å². The fourth-order valence-corrected chi connectivity index (χ4v) is 9.78. The van der Waals surface area contributed by atoms with Crippen molar-refractivity contribution in [1.82, 2.24) is 10.0 Å². The van der Waals surface area contributed by atoms with Crippen LogP contribution in [0.2, 0.25) is 0 Å². The van der Waals surface area contributed by atoms with Gasteiger partial charge in [-0.15, -0.1) is 0 Å². The zero-order valence-corrected chi connectivity index (χ0v) is 23.6. The normalized spacial score (nSPS) is 42.6. The Morgan fingerprint density at radius 1 is 1.03 bits per heavy atom. The van der Waals surface area contributed by atoms with Crippen LogP contribution in [0.5, 0.6) is 0 Å². The summed E-state index contributed by atoms with van der Waals surface area (Å²) in [7, 11) is -3.54. The second kappa shape index (κ2) is 11.1. The minimum atomic E-state index is -3.54. The molecule has 4 rings (SSSR count). The summed E-state index contributed by atoms with van der Waals surface area (Å²) in [4.78, 5) is 12.3. The lowest BCUT2D eigenvalue weighted by atomic mass is 9.52. The van der Waals surface area contributed by atoms with Gasteiger partial charge in [0.05, 0.1) is 17.5 Å². The van der Waals surface area contributed by atoms with Crippen molar-refractivity contribution in [3.8, 4) is 0 Å². The third-order valence-corrected chi connectivity index (χ3v) is 12.7. The molecular weight excluding hydrogens is 476 g/mol. The highest BCUT2D eigenvalue weighted by Gasteiger charge is 2.57. The monoisotopic (exact) mass is 526 g/mol. The third kappa shape index (κ3) is 5.75. The van der Waals surface area contributed by atoms with E-state index in [4.69, 9.17) is 0 Å². The topological polar surface area (TPSA) is 116 Å². The SMILES string of the molecule is CC[C@@H]1CC[C@H](O)CC[C@H](C)[C@H]2CC[C@]3(C)[C@@H]([C@H](C)CNC(=O)NS(=O)(=O)C4CC4)CC[C@H]3[C@@H]2[C@@H]1O. The first-order chi connectivity index (χ1) is 17.0. The molecule has 4 saturated carbocycles. The molecular formula is C28H50N2O5S. The van der Waals surface area contributed by atoms with Crippen LogP contribution in [-0.2, 0) is 10.0 Å². The van der Waals surface area contributed by atoms with Gasteiger partial charge in [0.25, 0.3) is 0 Å². The summed E-state index contributed by atoms with van der Waals surface area (Å²) in [6.07, 6.45) is 9.63. The molecule has 0 aliphatic heterocycles. The Labute approximate surface area is 218 Å². The van der Waals surface area contributed by atoms with Crippen molar-refractivity contribution in [1.29, 1.82) is 0 Å². The Morgan fingerprint density at radius 3 is 2.39 bits per heavy atom. The molecule has 0 saturated heterocycles. The van der Waals surface area contributed by atoms with Gasteiger partial charge in [0, 0.05) is 6.54 Å². The van der Waals surface area contributed by atoms with E-state index in [1.54, 1.807) is 0 Å². The van der Waals surface area contributed by atoms with Crippen molar-refractivity contribution in [2.75, 3.05) is 6.54 Å². The molecule has 0 spiro atoms. The van der Waals surface area contributed by atoms with Crippen LogP contribution in [0.4, 0.5) is 4.79 Å². The summed E-state index contributed by atoms with van der Waals surface area (Å²) in [6.45, 7) is 9.56. The Bertz CT molecular complexity index is 877. The van der Waals surface area contributed by atoms with Crippen molar-refractivity contribution in [2.45, 2.75) is 116 Å². The molecule has 0 unspecified atom stereocenters. The number of nitrogens with one attached hydrogen (secondary N) is 2. The third-order valence-electron chi connectivity index (χ3n) is 10.9. The van der Waals surface area contributed by atoms with Crippen molar-refractivity contribution in [3.63, 3.8) is 0 Å². The summed E-state index contributed by atoms with van der Waals surface area (Å²) >= 11 is 0. The average Bonchev–Trinajstić information content (AvgIpc) is 3.63. The molecule has 4 aliphatic rings. The minimum absolute atomic E-state index is 0.113. The van der Waals surface area contributed by atoms with Crippen LogP contribution in [0.1, 0.15) is 98.3 Å². The molecule has 36 heavy (non-hydrogen) atoms. The minimum Gasteiger partial charge on any atom is -0.393 e. The van der Waals surface area contributed by atoms with E-state index in [0.717, 1.165) is 57.8 Å². The van der Waals surface area contributed by atoms with Gasteiger partial charge in [-0.1, -0.05) is 34.1 Å². The van der Waals surface area contributed by atoms with Gasteiger partial charge in [0.1, 0.15) is 0 Å². The van der Waals surface area contributed by atoms with Gasteiger partial charge in [-0.2, -0.15) is 0 Å². The van der Waals surface area contributed by atoms with E-state index in [0.29, 0.717) is 43.1 Å². The molecule has 0 bridgehead atoms. The maximum atomic E-state index is 12.3. The van der Waals surface area contributed by atoms with Crippen molar-refractivity contribution >= 4 is 16.1 Å². The number of hydrogen-bond acceptors (Lipinski definition) is 5. The summed E-state index contributed by atoms with van der Waals surface area (Å²) in [5.74, 6) is 2.63. The van der Waals surface area contributed by atoms with Gasteiger partial charge in [-0.25, -0.2) is 17.9 Å². The lowest BCUT2D eigenvalue weighted by Gasteiger charge is -2.54. The quantitative estimate of drug-likeness (QED) is 0.409. The first-order valence-corrected chi connectivity index (χ1v) is 16.2. The maximum Gasteiger partial charge on any atom is 0.328 e. The molecule has 4 aliphatic carbocycles. The predicted molar refractivity (Wildman–Crippen MR) is 142 cm³/mol. The number of amides is 2. The highest BCUT2D eigenvalue weighted by atomic mass is 32.2. The number of sulfonamides is 1. The lowest BCUT2D eigenvalue weighted by molar-refractivity contribution is -0.0998. The molecule has 0 radical (unpaired) electrons. The van der Waals surface area contributed by atoms with E-state index in [-0.39, 0.29) is 35.4 Å². The molecule has 10 atom stereocenters. The van der Waals surface area contributed by atoms with Crippen LogP contribution in [-0.4, -0.2) is 48.7 Å². The van der Waals surface area contributed by atoms with Gasteiger partial charge in [0.15, 0.2) is 0 Å². The van der Waals surface area contributed by atoms with Crippen LogP contribution >= 0.6 is 0 Å². The molecule has 0 heterocycles. The van der Waals surface area contributed by atoms with Crippen molar-refractivity contribution in [3.05, 3.63) is 0 Å². The molecule has 4 fully saturated rings. The molecule has 2 amide bonds. The number of fused-ring (bicyclic) bond motifs is 3. The average molecular weight is 527 g/mol. The number of carbonyl (C=O) groups is 1. The highest BCUT2D eigenvalue weighted by Crippen LogP contribution is 2.63. The number of aliphatic hydroxyl groups is 2. The summed E-state index contributed by atoms with van der Waals surface area (Å²) < 4.78 is 26.4. The van der Waals surface area contributed by atoms with Gasteiger partial charge in [0.2, 0.25) is 10.0 Å². The van der Waals surface area contributed by atoms with Crippen LogP contribution < -0.4 is 10.0 Å². The summed E-state index contributed by atoms with van der Waals surface area (Å²) in [5, 5.41) is 24.7. The predicted octanol–water partition coefficient (Wildman–Crippen LogP) is 4.43. The largest absolute Gasteiger partial charge is 0.393 e. The molecule has 0 aromatic carbocycles. The second-order valence-corrected chi connectivity index (χ2v) is 15.0. The first kappa shape index (κ1) is 28.2. The zero-order chi connectivity index (χ0) is 26.3. The Morgan fingerprint density at radius 2 is 1.72 bits per heavy atom. The van der Waals surface area contributed by atoms with Crippen LogP contribution in [0.25, 0.3) is 0 Å². The summed E-state index contributed by atoms with van der Waals surface area (Å²) in [6, 6.07) is -0.610. The highest BCUT2D eigenvalue weighted by molar-refractivity contribution is 7.90. The maximum absolute atomic E-state index is 12.3. The van der Waals surface area contributed by atoms with Gasteiger partial charge in [-0.3, -0.25) is 0 Å². The fourth-order valence-electron chi connectivity index (χ4n) is 8.53. The Balaban J connectivity index is 1.46. The van der Waals surface area contributed by atoms with E-state index >= 15 is 0 Å².